The third-order valence-corrected chi connectivity index (χ3v) is 6.73. The van der Waals surface area contributed by atoms with E-state index in [-0.39, 0.29) is 11.3 Å². The number of rotatable bonds is 3. The van der Waals surface area contributed by atoms with Crippen molar-refractivity contribution in [3.8, 4) is 0 Å². The van der Waals surface area contributed by atoms with Crippen LogP contribution in [0.4, 0.5) is 9.52 Å². The maximum atomic E-state index is 13.6. The molecule has 8 heteroatoms. The van der Waals surface area contributed by atoms with Gasteiger partial charge < -0.3 is 5.11 Å². The zero-order chi connectivity index (χ0) is 22.4. The molecule has 5 nitrogen and oxygen atoms in total. The zero-order valence-corrected chi connectivity index (χ0v) is 18.7. The van der Waals surface area contributed by atoms with Crippen LogP contribution in [0.1, 0.15) is 17.2 Å². The Balaban J connectivity index is 1.73. The van der Waals surface area contributed by atoms with Gasteiger partial charge in [-0.1, -0.05) is 69.7 Å². The number of aliphatic hydroxyl groups is 1. The second-order valence-corrected chi connectivity index (χ2v) is 9.12. The molecule has 1 N–H and O–H groups in total. The van der Waals surface area contributed by atoms with Crippen LogP contribution in [0.25, 0.3) is 16.0 Å². The van der Waals surface area contributed by atoms with Gasteiger partial charge in [0.05, 0.1) is 21.8 Å². The minimum atomic E-state index is -0.945. The smallest absolute Gasteiger partial charge is 0.301 e. The number of ketones is 1. The van der Waals surface area contributed by atoms with E-state index in [0.29, 0.717) is 21.8 Å². The van der Waals surface area contributed by atoms with Crippen LogP contribution >= 0.6 is 27.3 Å². The lowest BCUT2D eigenvalue weighted by Gasteiger charge is -2.22. The molecule has 3 aromatic carbocycles. The fourth-order valence-electron chi connectivity index (χ4n) is 3.73. The van der Waals surface area contributed by atoms with E-state index >= 15 is 0 Å². The Bertz CT molecular complexity index is 1400. The lowest BCUT2D eigenvalue weighted by atomic mass is 9.95. The number of benzene rings is 3. The molecular weight excluding hydrogens is 495 g/mol. The van der Waals surface area contributed by atoms with Crippen molar-refractivity contribution in [3.05, 3.63) is 99.8 Å². The van der Waals surface area contributed by atoms with E-state index in [1.165, 1.54) is 40.5 Å². The van der Waals surface area contributed by atoms with E-state index in [9.17, 15) is 19.1 Å². The summed E-state index contributed by atoms with van der Waals surface area (Å²) in [6.45, 7) is 0. The van der Waals surface area contributed by atoms with Crippen LogP contribution in [0.3, 0.4) is 0 Å². The molecule has 1 amide bonds. The van der Waals surface area contributed by atoms with Gasteiger partial charge in [0.2, 0.25) is 0 Å². The molecule has 0 radical (unpaired) electrons. The number of anilines is 1. The van der Waals surface area contributed by atoms with Crippen molar-refractivity contribution in [2.24, 2.45) is 0 Å². The number of aliphatic hydroxyl groups excluding tert-OH is 1. The third kappa shape index (κ3) is 3.41. The summed E-state index contributed by atoms with van der Waals surface area (Å²) in [4.78, 5) is 32.1. The zero-order valence-electron chi connectivity index (χ0n) is 16.3. The number of halogens is 2. The van der Waals surface area contributed by atoms with E-state index < -0.39 is 23.5 Å². The van der Waals surface area contributed by atoms with Crippen LogP contribution in [-0.4, -0.2) is 21.8 Å². The maximum Gasteiger partial charge on any atom is 0.301 e. The largest absolute Gasteiger partial charge is 0.507 e. The summed E-state index contributed by atoms with van der Waals surface area (Å²) in [5, 5.41) is 11.3. The summed E-state index contributed by atoms with van der Waals surface area (Å²) < 4.78 is 15.3. The van der Waals surface area contributed by atoms with Gasteiger partial charge in [0.1, 0.15) is 11.6 Å². The standard InChI is InChI=1S/C24H14BrFN2O3S/c25-15-8-11-17-18(12-15)32-24(27-17)28-20(13-6-9-16(26)10-7-13)19(22(30)23(28)31)21(29)14-4-2-1-3-5-14/h1-12,20,29H. The number of hydrogen-bond donors (Lipinski definition) is 1. The monoisotopic (exact) mass is 508 g/mol. The molecule has 0 spiro atoms. The van der Waals surface area contributed by atoms with Crippen LogP contribution in [0, 0.1) is 5.82 Å². The van der Waals surface area contributed by atoms with Crippen LogP contribution in [-0.2, 0) is 9.59 Å². The molecule has 0 bridgehead atoms. The Labute approximate surface area is 194 Å². The highest BCUT2D eigenvalue weighted by molar-refractivity contribution is 9.10. The summed E-state index contributed by atoms with van der Waals surface area (Å²) >= 11 is 4.68. The maximum absolute atomic E-state index is 13.6. The summed E-state index contributed by atoms with van der Waals surface area (Å²) in [5.41, 5.74) is 1.51. The molecule has 1 saturated heterocycles. The minimum absolute atomic E-state index is 0.0618. The lowest BCUT2D eigenvalue weighted by Crippen LogP contribution is -2.29. The lowest BCUT2D eigenvalue weighted by molar-refractivity contribution is -0.132. The number of Topliss-reactive ketones (excluding diaryl/α,β-unsaturated/α-hetero) is 1. The molecule has 0 aliphatic carbocycles. The quantitative estimate of drug-likeness (QED) is 0.215. The first kappa shape index (κ1) is 20.5. The van der Waals surface area contributed by atoms with Gasteiger partial charge in [-0.2, -0.15) is 0 Å². The average Bonchev–Trinajstić information content (AvgIpc) is 3.32. The molecule has 4 aromatic rings. The first-order chi connectivity index (χ1) is 15.4. The summed E-state index contributed by atoms with van der Waals surface area (Å²) in [7, 11) is 0. The molecule has 158 valence electrons. The SMILES string of the molecule is O=C1C(=O)N(c2nc3ccc(Br)cc3s2)C(c2ccc(F)cc2)C1=C(O)c1ccccc1. The number of thiazole rings is 1. The van der Waals surface area contributed by atoms with Crippen molar-refractivity contribution < 1.29 is 19.1 Å². The van der Waals surface area contributed by atoms with Gasteiger partial charge in [-0.3, -0.25) is 14.5 Å². The van der Waals surface area contributed by atoms with E-state index in [1.54, 1.807) is 30.3 Å². The van der Waals surface area contributed by atoms with Crippen molar-refractivity contribution in [2.75, 3.05) is 4.90 Å². The Morgan fingerprint density at radius 3 is 2.47 bits per heavy atom. The second kappa shape index (κ2) is 7.96. The van der Waals surface area contributed by atoms with E-state index in [2.05, 4.69) is 20.9 Å². The number of aromatic nitrogens is 1. The number of hydrogen-bond acceptors (Lipinski definition) is 5. The summed E-state index contributed by atoms with van der Waals surface area (Å²) in [6.07, 6.45) is 0. The molecule has 1 aliphatic rings. The molecule has 1 aromatic heterocycles. The van der Waals surface area contributed by atoms with Crippen LogP contribution < -0.4 is 4.90 Å². The van der Waals surface area contributed by atoms with Crippen molar-refractivity contribution in [1.29, 1.82) is 0 Å². The topological polar surface area (TPSA) is 70.5 Å². The molecule has 1 fully saturated rings. The van der Waals surface area contributed by atoms with Crippen molar-refractivity contribution in [1.82, 2.24) is 4.98 Å². The van der Waals surface area contributed by atoms with E-state index in [1.807, 2.05) is 18.2 Å². The number of carbonyl (C=O) groups is 2. The van der Waals surface area contributed by atoms with Gasteiger partial charge in [0, 0.05) is 10.0 Å². The fourth-order valence-corrected chi connectivity index (χ4v) is 5.28. The molecule has 5 rings (SSSR count). The second-order valence-electron chi connectivity index (χ2n) is 7.20. The fraction of sp³-hybridized carbons (Fsp3) is 0.0417. The number of amides is 1. The van der Waals surface area contributed by atoms with Gasteiger partial charge in [-0.05, 0) is 35.9 Å². The Morgan fingerprint density at radius 1 is 1.03 bits per heavy atom. The Morgan fingerprint density at radius 2 is 1.75 bits per heavy atom. The first-order valence-corrected chi connectivity index (χ1v) is 11.2. The highest BCUT2D eigenvalue weighted by atomic mass is 79.9. The van der Waals surface area contributed by atoms with Crippen molar-refractivity contribution in [3.63, 3.8) is 0 Å². The predicted octanol–water partition coefficient (Wildman–Crippen LogP) is 5.82. The van der Waals surface area contributed by atoms with Gasteiger partial charge in [0.25, 0.3) is 5.78 Å². The number of fused-ring (bicyclic) bond motifs is 1. The van der Waals surface area contributed by atoms with Crippen LogP contribution in [0.2, 0.25) is 0 Å². The molecule has 2 heterocycles. The summed E-state index contributed by atoms with van der Waals surface area (Å²) in [5.74, 6) is -2.35. The van der Waals surface area contributed by atoms with Crippen LogP contribution in [0.15, 0.2) is 82.8 Å². The number of nitrogens with zero attached hydrogens (tertiary/aromatic N) is 2. The van der Waals surface area contributed by atoms with E-state index in [4.69, 9.17) is 0 Å². The molecule has 0 saturated carbocycles. The predicted molar refractivity (Wildman–Crippen MR) is 125 cm³/mol. The molecular formula is C24H14BrFN2O3S. The average molecular weight is 509 g/mol. The molecule has 1 aliphatic heterocycles. The van der Waals surface area contributed by atoms with Crippen LogP contribution in [0.5, 0.6) is 0 Å². The third-order valence-electron chi connectivity index (χ3n) is 5.22. The van der Waals surface area contributed by atoms with E-state index in [0.717, 1.165) is 9.17 Å². The minimum Gasteiger partial charge on any atom is -0.507 e. The normalized spacial score (nSPS) is 17.9. The van der Waals surface area contributed by atoms with Gasteiger partial charge >= 0.3 is 5.91 Å². The number of carbonyl (C=O) groups excluding carboxylic acids is 2. The van der Waals surface area contributed by atoms with Gasteiger partial charge in [-0.25, -0.2) is 9.37 Å². The Kier molecular flexibility index (Phi) is 5.11. The summed E-state index contributed by atoms with van der Waals surface area (Å²) in [6, 6.07) is 18.6. The molecule has 1 unspecified atom stereocenters. The highest BCUT2D eigenvalue weighted by Gasteiger charge is 2.48. The Hall–Kier alpha value is -3.36. The molecule has 32 heavy (non-hydrogen) atoms. The molecule has 1 atom stereocenters. The first-order valence-electron chi connectivity index (χ1n) is 9.62. The van der Waals surface area contributed by atoms with Crippen molar-refractivity contribution in [2.45, 2.75) is 6.04 Å². The van der Waals surface area contributed by atoms with Crippen molar-refractivity contribution >= 4 is 60.1 Å². The highest BCUT2D eigenvalue weighted by Crippen LogP contribution is 2.44. The van der Waals surface area contributed by atoms with Gasteiger partial charge in [-0.15, -0.1) is 0 Å². The van der Waals surface area contributed by atoms with Gasteiger partial charge in [0.15, 0.2) is 5.13 Å².